The molecular weight excluding hydrogens is 236 g/mol. The molecule has 1 amide bonds. The number of rotatable bonds is 5. The molecule has 0 unspecified atom stereocenters. The Labute approximate surface area is 118 Å². The van der Waals surface area contributed by atoms with Crippen molar-refractivity contribution in [1.29, 1.82) is 0 Å². The average Bonchev–Trinajstić information content (AvgIpc) is 2.88. The van der Waals surface area contributed by atoms with Crippen LogP contribution in [0.1, 0.15) is 65.2 Å². The normalized spacial score (nSPS) is 22.8. The second kappa shape index (κ2) is 6.74. The Bertz CT molecular complexity index is 283. The van der Waals surface area contributed by atoms with Gasteiger partial charge in [-0.1, -0.05) is 12.8 Å². The summed E-state index contributed by atoms with van der Waals surface area (Å²) in [6.07, 6.45) is 11.1. The monoisotopic (exact) mass is 266 g/mol. The van der Waals surface area contributed by atoms with E-state index in [0.717, 1.165) is 13.1 Å². The van der Waals surface area contributed by atoms with E-state index in [1.54, 1.807) is 0 Å². The second-order valence-corrected chi connectivity index (χ2v) is 6.43. The van der Waals surface area contributed by atoms with E-state index in [9.17, 15) is 4.79 Å². The van der Waals surface area contributed by atoms with Crippen molar-refractivity contribution in [3.63, 3.8) is 0 Å². The fourth-order valence-corrected chi connectivity index (χ4v) is 3.98. The highest BCUT2D eigenvalue weighted by atomic mass is 16.2. The summed E-state index contributed by atoms with van der Waals surface area (Å²) in [5, 5.41) is 3.49. The van der Waals surface area contributed by atoms with Crippen LogP contribution in [-0.2, 0) is 4.79 Å². The van der Waals surface area contributed by atoms with Crippen LogP contribution in [0.4, 0.5) is 0 Å². The van der Waals surface area contributed by atoms with Gasteiger partial charge in [0.05, 0.1) is 6.54 Å². The molecule has 110 valence electrons. The SMILES string of the molecule is CCN(CC)C(=O)CNC1CCC2(CCCC2)CC1. The summed E-state index contributed by atoms with van der Waals surface area (Å²) in [6, 6.07) is 0.575. The molecule has 0 aliphatic heterocycles. The molecule has 1 N–H and O–H groups in total. The fourth-order valence-electron chi connectivity index (χ4n) is 3.98. The van der Waals surface area contributed by atoms with Crippen LogP contribution in [0, 0.1) is 5.41 Å². The summed E-state index contributed by atoms with van der Waals surface area (Å²) in [5.41, 5.74) is 0.695. The van der Waals surface area contributed by atoms with E-state index in [-0.39, 0.29) is 5.91 Å². The Morgan fingerprint density at radius 3 is 2.21 bits per heavy atom. The molecule has 0 saturated heterocycles. The van der Waals surface area contributed by atoms with Gasteiger partial charge in [-0.15, -0.1) is 0 Å². The van der Waals surface area contributed by atoms with E-state index in [1.807, 2.05) is 18.7 Å². The molecule has 0 atom stereocenters. The highest BCUT2D eigenvalue weighted by Gasteiger charge is 2.37. The van der Waals surface area contributed by atoms with Gasteiger partial charge in [-0.05, 0) is 57.8 Å². The fraction of sp³-hybridized carbons (Fsp3) is 0.938. The minimum atomic E-state index is 0.256. The lowest BCUT2D eigenvalue weighted by Gasteiger charge is -2.37. The molecule has 2 fully saturated rings. The van der Waals surface area contributed by atoms with Gasteiger partial charge in [0.1, 0.15) is 0 Å². The summed E-state index contributed by atoms with van der Waals surface area (Å²) in [5.74, 6) is 0.256. The van der Waals surface area contributed by atoms with Gasteiger partial charge >= 0.3 is 0 Å². The van der Waals surface area contributed by atoms with Crippen molar-refractivity contribution in [1.82, 2.24) is 10.2 Å². The van der Waals surface area contributed by atoms with E-state index >= 15 is 0 Å². The molecule has 2 aliphatic rings. The largest absolute Gasteiger partial charge is 0.342 e. The topological polar surface area (TPSA) is 32.3 Å². The van der Waals surface area contributed by atoms with Gasteiger partial charge in [-0.3, -0.25) is 4.79 Å². The Kier molecular flexibility index (Phi) is 5.26. The zero-order chi connectivity index (χ0) is 13.7. The molecule has 0 radical (unpaired) electrons. The first kappa shape index (κ1) is 14.8. The molecule has 19 heavy (non-hydrogen) atoms. The number of carbonyl (C=O) groups is 1. The third-order valence-electron chi connectivity index (χ3n) is 5.37. The number of nitrogens with one attached hydrogen (secondary N) is 1. The predicted octanol–water partition coefficient (Wildman–Crippen LogP) is 2.95. The number of carbonyl (C=O) groups excluding carboxylic acids is 1. The average molecular weight is 266 g/mol. The van der Waals surface area contributed by atoms with Gasteiger partial charge in [0.2, 0.25) is 5.91 Å². The Hall–Kier alpha value is -0.570. The third kappa shape index (κ3) is 3.71. The van der Waals surface area contributed by atoms with Crippen molar-refractivity contribution in [3.8, 4) is 0 Å². The molecule has 0 aromatic carbocycles. The Morgan fingerprint density at radius 2 is 1.68 bits per heavy atom. The van der Waals surface area contributed by atoms with Crippen molar-refractivity contribution in [3.05, 3.63) is 0 Å². The van der Waals surface area contributed by atoms with Crippen LogP contribution in [0.2, 0.25) is 0 Å². The minimum Gasteiger partial charge on any atom is -0.342 e. The number of likely N-dealkylation sites (N-methyl/N-ethyl adjacent to an activating group) is 1. The minimum absolute atomic E-state index is 0.256. The van der Waals surface area contributed by atoms with Crippen molar-refractivity contribution in [2.75, 3.05) is 19.6 Å². The maximum atomic E-state index is 12.0. The number of amides is 1. The van der Waals surface area contributed by atoms with Crippen molar-refractivity contribution in [2.24, 2.45) is 5.41 Å². The lowest BCUT2D eigenvalue weighted by atomic mass is 9.71. The van der Waals surface area contributed by atoms with Crippen molar-refractivity contribution < 1.29 is 4.79 Å². The molecule has 3 nitrogen and oxygen atoms in total. The molecule has 3 heteroatoms. The molecular formula is C16H30N2O. The van der Waals surface area contributed by atoms with Gasteiger partial charge < -0.3 is 10.2 Å². The third-order valence-corrected chi connectivity index (χ3v) is 5.37. The Balaban J connectivity index is 1.69. The quantitative estimate of drug-likeness (QED) is 0.830. The molecule has 2 rings (SSSR count). The predicted molar refractivity (Wildman–Crippen MR) is 79.1 cm³/mol. The van der Waals surface area contributed by atoms with E-state index in [1.165, 1.54) is 51.4 Å². The van der Waals surface area contributed by atoms with E-state index < -0.39 is 0 Å². The van der Waals surface area contributed by atoms with Gasteiger partial charge in [0, 0.05) is 19.1 Å². The zero-order valence-corrected chi connectivity index (χ0v) is 12.7. The van der Waals surface area contributed by atoms with Crippen LogP contribution >= 0.6 is 0 Å². The summed E-state index contributed by atoms with van der Waals surface area (Å²) in [4.78, 5) is 13.9. The molecule has 2 saturated carbocycles. The van der Waals surface area contributed by atoms with Gasteiger partial charge in [0.25, 0.3) is 0 Å². The first-order valence-corrected chi connectivity index (χ1v) is 8.20. The van der Waals surface area contributed by atoms with Crippen LogP contribution in [0.25, 0.3) is 0 Å². The number of hydrogen-bond acceptors (Lipinski definition) is 2. The van der Waals surface area contributed by atoms with Crippen LogP contribution in [0.15, 0.2) is 0 Å². The second-order valence-electron chi connectivity index (χ2n) is 6.43. The first-order valence-electron chi connectivity index (χ1n) is 8.20. The molecule has 1 spiro atoms. The number of hydrogen-bond donors (Lipinski definition) is 1. The first-order chi connectivity index (χ1) is 9.19. The van der Waals surface area contributed by atoms with Crippen LogP contribution < -0.4 is 5.32 Å². The summed E-state index contributed by atoms with van der Waals surface area (Å²) >= 11 is 0. The van der Waals surface area contributed by atoms with Crippen molar-refractivity contribution in [2.45, 2.75) is 71.3 Å². The highest BCUT2D eigenvalue weighted by molar-refractivity contribution is 5.78. The van der Waals surface area contributed by atoms with E-state index in [0.29, 0.717) is 18.0 Å². The Morgan fingerprint density at radius 1 is 1.11 bits per heavy atom. The van der Waals surface area contributed by atoms with Gasteiger partial charge in [-0.25, -0.2) is 0 Å². The van der Waals surface area contributed by atoms with Crippen LogP contribution in [-0.4, -0.2) is 36.5 Å². The zero-order valence-electron chi connectivity index (χ0n) is 12.7. The lowest BCUT2D eigenvalue weighted by molar-refractivity contribution is -0.130. The molecule has 2 aliphatic carbocycles. The van der Waals surface area contributed by atoms with Crippen LogP contribution in [0.5, 0.6) is 0 Å². The summed E-state index contributed by atoms with van der Waals surface area (Å²) < 4.78 is 0. The molecule has 0 aromatic rings. The standard InChI is InChI=1S/C16H30N2O/c1-3-18(4-2)15(19)13-17-14-7-11-16(12-8-14)9-5-6-10-16/h14,17H,3-13H2,1-2H3. The maximum absolute atomic E-state index is 12.0. The number of nitrogens with zero attached hydrogens (tertiary/aromatic N) is 1. The van der Waals surface area contributed by atoms with Gasteiger partial charge in [-0.2, -0.15) is 0 Å². The van der Waals surface area contributed by atoms with E-state index in [2.05, 4.69) is 5.32 Å². The van der Waals surface area contributed by atoms with Gasteiger partial charge in [0.15, 0.2) is 0 Å². The van der Waals surface area contributed by atoms with Crippen molar-refractivity contribution >= 4 is 5.91 Å². The summed E-state index contributed by atoms with van der Waals surface area (Å²) in [7, 11) is 0. The van der Waals surface area contributed by atoms with Crippen LogP contribution in [0.3, 0.4) is 0 Å². The molecule has 0 heterocycles. The summed E-state index contributed by atoms with van der Waals surface area (Å²) in [6.45, 7) is 6.27. The smallest absolute Gasteiger partial charge is 0.236 e. The highest BCUT2D eigenvalue weighted by Crippen LogP contribution is 2.48. The molecule has 0 aromatic heterocycles. The lowest BCUT2D eigenvalue weighted by Crippen LogP contribution is -2.43. The maximum Gasteiger partial charge on any atom is 0.236 e. The molecule has 0 bridgehead atoms. The van der Waals surface area contributed by atoms with E-state index in [4.69, 9.17) is 0 Å².